The third kappa shape index (κ3) is 2.73. The number of aryl methyl sites for hydroxylation is 4. The molecule has 0 saturated heterocycles. The fraction of sp³-hybridized carbons (Fsp3) is 0.381. The number of rotatable bonds is 3. The number of hydrogen-bond donors (Lipinski definition) is 0. The van der Waals surface area contributed by atoms with Gasteiger partial charge in [-0.1, -0.05) is 17.7 Å². The molecule has 3 heteroatoms. The molecule has 0 bridgehead atoms. The van der Waals surface area contributed by atoms with Crippen LogP contribution in [0.15, 0.2) is 36.5 Å². The van der Waals surface area contributed by atoms with Crippen molar-refractivity contribution in [3.8, 4) is 0 Å². The van der Waals surface area contributed by atoms with Gasteiger partial charge in [-0.25, -0.2) is 0 Å². The van der Waals surface area contributed by atoms with Crippen LogP contribution in [-0.2, 0) is 25.9 Å². The summed E-state index contributed by atoms with van der Waals surface area (Å²) in [6, 6.07) is 9.82. The van der Waals surface area contributed by atoms with E-state index >= 15 is 0 Å². The van der Waals surface area contributed by atoms with E-state index in [0.717, 1.165) is 49.1 Å². The van der Waals surface area contributed by atoms with Gasteiger partial charge in [-0.3, -0.25) is 4.98 Å². The zero-order valence-electron chi connectivity index (χ0n) is 17.3. The summed E-state index contributed by atoms with van der Waals surface area (Å²) in [5, 5.41) is 1.09. The lowest BCUT2D eigenvalue weighted by molar-refractivity contribution is 0.309. The fourth-order valence-electron chi connectivity index (χ4n) is 3.73. The van der Waals surface area contributed by atoms with Gasteiger partial charge in [0, 0.05) is 58.7 Å². The second-order valence-corrected chi connectivity index (χ2v) is 6.85. The Kier molecular flexibility index (Phi) is 3.10. The quantitative estimate of drug-likeness (QED) is 0.729. The Labute approximate surface area is 148 Å². The average Bonchev–Trinajstić information content (AvgIpc) is 2.93. The van der Waals surface area contributed by atoms with E-state index < -0.39 is 6.85 Å². The Morgan fingerprint density at radius 3 is 2.96 bits per heavy atom. The van der Waals surface area contributed by atoms with Crippen molar-refractivity contribution in [1.82, 2.24) is 14.5 Å². The van der Waals surface area contributed by atoms with E-state index in [4.69, 9.17) is 4.11 Å². The highest BCUT2D eigenvalue weighted by Gasteiger charge is 2.22. The first-order valence-electron chi connectivity index (χ1n) is 10.1. The smallest absolute Gasteiger partial charge is 0.0486 e. The number of likely N-dealkylation sites (N-methyl/N-ethyl adjacent to an activating group) is 1. The van der Waals surface area contributed by atoms with Crippen LogP contribution in [0.5, 0.6) is 0 Å². The highest BCUT2D eigenvalue weighted by Crippen LogP contribution is 2.31. The first-order valence-corrected chi connectivity index (χ1v) is 8.57. The lowest BCUT2D eigenvalue weighted by atomic mass is 10.0. The number of pyridine rings is 1. The SMILES string of the molecule is [2H]C([2H])([2H])c1ccc2c(c1)c1c(n2CCc2ccc(C)nc2)CCN(C)C1. The molecule has 3 nitrogen and oxygen atoms in total. The molecule has 0 radical (unpaired) electrons. The van der Waals surface area contributed by atoms with Crippen LogP contribution in [0.4, 0.5) is 0 Å². The molecular weight excluding hydrogens is 294 g/mol. The maximum atomic E-state index is 7.75. The minimum Gasteiger partial charge on any atom is -0.344 e. The fourth-order valence-corrected chi connectivity index (χ4v) is 3.73. The highest BCUT2D eigenvalue weighted by molar-refractivity contribution is 5.86. The molecule has 1 aliphatic rings. The van der Waals surface area contributed by atoms with Gasteiger partial charge in [0.1, 0.15) is 0 Å². The van der Waals surface area contributed by atoms with Crippen LogP contribution >= 0.6 is 0 Å². The molecule has 1 aliphatic heterocycles. The number of benzene rings is 1. The molecule has 0 atom stereocenters. The largest absolute Gasteiger partial charge is 0.344 e. The maximum Gasteiger partial charge on any atom is 0.0486 e. The van der Waals surface area contributed by atoms with E-state index in [-0.39, 0.29) is 0 Å². The van der Waals surface area contributed by atoms with Crippen LogP contribution in [0.25, 0.3) is 10.9 Å². The summed E-state index contributed by atoms with van der Waals surface area (Å²) in [6.07, 6.45) is 3.87. The van der Waals surface area contributed by atoms with Crippen molar-refractivity contribution in [2.75, 3.05) is 13.6 Å². The molecule has 0 unspecified atom stereocenters. The van der Waals surface area contributed by atoms with Crippen LogP contribution in [0.1, 0.15) is 32.2 Å². The minimum atomic E-state index is -2.07. The molecule has 0 aliphatic carbocycles. The molecule has 2 aromatic heterocycles. The second-order valence-electron chi connectivity index (χ2n) is 6.85. The van der Waals surface area contributed by atoms with Gasteiger partial charge in [-0.05, 0) is 56.6 Å². The summed E-state index contributed by atoms with van der Waals surface area (Å²) in [7, 11) is 2.12. The zero-order valence-corrected chi connectivity index (χ0v) is 14.3. The summed E-state index contributed by atoms with van der Waals surface area (Å²) in [5.41, 5.74) is 6.46. The molecule has 0 saturated carbocycles. The monoisotopic (exact) mass is 322 g/mol. The minimum absolute atomic E-state index is 0.422. The summed E-state index contributed by atoms with van der Waals surface area (Å²) in [5.74, 6) is 0. The molecule has 4 rings (SSSR count). The molecule has 3 aromatic rings. The average molecular weight is 322 g/mol. The number of nitrogens with zero attached hydrogens (tertiary/aromatic N) is 3. The van der Waals surface area contributed by atoms with Gasteiger partial charge in [0.05, 0.1) is 0 Å². The predicted octanol–water partition coefficient (Wildman–Crippen LogP) is 3.88. The van der Waals surface area contributed by atoms with Crippen molar-refractivity contribution >= 4 is 10.9 Å². The van der Waals surface area contributed by atoms with Gasteiger partial charge in [0.15, 0.2) is 0 Å². The lowest BCUT2D eigenvalue weighted by Crippen LogP contribution is -2.27. The van der Waals surface area contributed by atoms with Crippen LogP contribution in [0.3, 0.4) is 0 Å². The summed E-state index contributed by atoms with van der Waals surface area (Å²) in [6.45, 7) is 2.71. The summed E-state index contributed by atoms with van der Waals surface area (Å²) < 4.78 is 25.7. The Hall–Kier alpha value is -2.13. The first-order chi connectivity index (χ1) is 12.8. The van der Waals surface area contributed by atoms with E-state index in [1.165, 1.54) is 16.8 Å². The van der Waals surface area contributed by atoms with Gasteiger partial charge in [0.25, 0.3) is 0 Å². The number of aromatic nitrogens is 2. The molecule has 0 fully saturated rings. The van der Waals surface area contributed by atoms with Crippen molar-refractivity contribution < 1.29 is 4.11 Å². The van der Waals surface area contributed by atoms with E-state index in [1.54, 1.807) is 6.07 Å². The van der Waals surface area contributed by atoms with E-state index in [1.807, 2.05) is 25.3 Å². The van der Waals surface area contributed by atoms with Crippen molar-refractivity contribution in [3.63, 3.8) is 0 Å². The molecule has 24 heavy (non-hydrogen) atoms. The van der Waals surface area contributed by atoms with Crippen LogP contribution in [0, 0.1) is 13.8 Å². The summed E-state index contributed by atoms with van der Waals surface area (Å²) >= 11 is 0. The second kappa shape index (κ2) is 6.06. The molecular formula is C21H25N3. The third-order valence-electron chi connectivity index (χ3n) is 5.04. The number of hydrogen-bond acceptors (Lipinski definition) is 2. The normalized spacial score (nSPS) is 17.3. The van der Waals surface area contributed by atoms with Crippen molar-refractivity contribution in [1.29, 1.82) is 0 Å². The van der Waals surface area contributed by atoms with Gasteiger partial charge in [-0.2, -0.15) is 0 Å². The molecule has 1 aromatic carbocycles. The van der Waals surface area contributed by atoms with E-state index in [2.05, 4.69) is 33.6 Å². The zero-order chi connectivity index (χ0) is 19.2. The molecule has 124 valence electrons. The standard InChI is InChI=1S/C21H25N3/c1-15-4-7-20-18(12-15)19-14-23(3)10-9-21(19)24(20)11-8-17-6-5-16(2)22-13-17/h4-7,12-13H,8-11,14H2,1-3H3/i1D3. The topological polar surface area (TPSA) is 21.1 Å². The van der Waals surface area contributed by atoms with Gasteiger partial charge >= 0.3 is 0 Å². The van der Waals surface area contributed by atoms with Crippen molar-refractivity contribution in [3.05, 3.63) is 64.6 Å². The number of fused-ring (bicyclic) bond motifs is 3. The summed E-state index contributed by atoms with van der Waals surface area (Å²) in [4.78, 5) is 6.70. The Bertz CT molecular complexity index is 971. The Morgan fingerprint density at radius 1 is 1.25 bits per heavy atom. The van der Waals surface area contributed by atoms with Gasteiger partial charge in [-0.15, -0.1) is 0 Å². The molecule has 0 N–H and O–H groups in total. The maximum absolute atomic E-state index is 7.75. The van der Waals surface area contributed by atoms with Crippen molar-refractivity contribution in [2.45, 2.75) is 39.7 Å². The molecule has 3 heterocycles. The van der Waals surface area contributed by atoms with Gasteiger partial charge < -0.3 is 9.47 Å². The van der Waals surface area contributed by atoms with Crippen LogP contribution < -0.4 is 0 Å². The lowest BCUT2D eigenvalue weighted by Gasteiger charge is -2.24. The highest BCUT2D eigenvalue weighted by atomic mass is 15.1. The van der Waals surface area contributed by atoms with E-state index in [0.29, 0.717) is 5.56 Å². The van der Waals surface area contributed by atoms with Crippen LogP contribution in [-0.4, -0.2) is 28.0 Å². The molecule has 0 amide bonds. The molecule has 0 spiro atoms. The first kappa shape index (κ1) is 12.3. The van der Waals surface area contributed by atoms with E-state index in [9.17, 15) is 0 Å². The van der Waals surface area contributed by atoms with Crippen molar-refractivity contribution in [2.24, 2.45) is 0 Å². The third-order valence-corrected chi connectivity index (χ3v) is 5.04. The van der Waals surface area contributed by atoms with Gasteiger partial charge in [0.2, 0.25) is 0 Å². The Morgan fingerprint density at radius 2 is 2.17 bits per heavy atom. The predicted molar refractivity (Wildman–Crippen MR) is 99.4 cm³/mol. The van der Waals surface area contributed by atoms with Crippen LogP contribution in [0.2, 0.25) is 0 Å². The Balaban J connectivity index is 1.76.